The number of rotatable bonds is 7. The summed E-state index contributed by atoms with van der Waals surface area (Å²) in [5, 5.41) is 19.6. The van der Waals surface area contributed by atoms with Crippen molar-refractivity contribution in [3.05, 3.63) is 41.0 Å². The van der Waals surface area contributed by atoms with Crippen molar-refractivity contribution in [2.75, 3.05) is 18.6 Å². The Morgan fingerprint density at radius 1 is 1.45 bits per heavy atom. The maximum absolute atomic E-state index is 12.4. The number of amides is 1. The number of halogens is 1. The molecule has 5 nitrogen and oxygen atoms in total. The molecule has 118 valence electrons. The molecule has 0 fully saturated rings. The molecule has 1 aromatic heterocycles. The van der Waals surface area contributed by atoms with E-state index in [9.17, 15) is 9.90 Å². The van der Waals surface area contributed by atoms with E-state index in [0.29, 0.717) is 16.3 Å². The average Bonchev–Trinajstić information content (AvgIpc) is 3.01. The summed E-state index contributed by atoms with van der Waals surface area (Å²) in [5.41, 5.74) is 1.91. The van der Waals surface area contributed by atoms with Crippen LogP contribution in [0.2, 0.25) is 5.02 Å². The fourth-order valence-electron chi connectivity index (χ4n) is 2.03. The molecular formula is C15H18ClN3O2S. The Bertz CT molecular complexity index is 616. The molecule has 1 atom stereocenters. The summed E-state index contributed by atoms with van der Waals surface area (Å²) < 4.78 is 0. The van der Waals surface area contributed by atoms with Gasteiger partial charge in [-0.3, -0.25) is 9.89 Å². The van der Waals surface area contributed by atoms with Crippen LogP contribution in [0.5, 0.6) is 0 Å². The van der Waals surface area contributed by atoms with E-state index in [0.717, 1.165) is 17.7 Å². The Hall–Kier alpha value is -1.50. The molecule has 7 heteroatoms. The third-order valence-corrected chi connectivity index (χ3v) is 4.14. The molecule has 1 heterocycles. The maximum Gasteiger partial charge on any atom is 0.255 e. The standard InChI is InChI=1S/C15H18ClN3O2S/c1-22-7-6-12(9-20)18-15(21)13-8-17-19-14(13)10-2-4-11(16)5-3-10/h2-5,8,12,20H,6-7,9H2,1H3,(H,17,19)(H,18,21)/t12-/m1/s1. The number of carbonyl (C=O) groups excluding carboxylic acids is 1. The van der Waals surface area contributed by atoms with Crippen molar-refractivity contribution in [2.24, 2.45) is 0 Å². The van der Waals surface area contributed by atoms with Crippen LogP contribution in [0.1, 0.15) is 16.8 Å². The van der Waals surface area contributed by atoms with Gasteiger partial charge in [0.1, 0.15) is 0 Å². The van der Waals surface area contributed by atoms with E-state index in [4.69, 9.17) is 11.6 Å². The summed E-state index contributed by atoms with van der Waals surface area (Å²) in [6.45, 7) is -0.0829. The van der Waals surface area contributed by atoms with Gasteiger partial charge in [0.2, 0.25) is 0 Å². The SMILES string of the molecule is CSCC[C@H](CO)NC(=O)c1cn[nH]c1-c1ccc(Cl)cc1. The van der Waals surface area contributed by atoms with Gasteiger partial charge in [-0.2, -0.15) is 16.9 Å². The number of hydrogen-bond acceptors (Lipinski definition) is 4. The van der Waals surface area contributed by atoms with Gasteiger partial charge in [-0.15, -0.1) is 0 Å². The largest absolute Gasteiger partial charge is 0.394 e. The molecule has 0 saturated heterocycles. The Morgan fingerprint density at radius 2 is 2.18 bits per heavy atom. The molecule has 1 aromatic carbocycles. The number of hydrogen-bond donors (Lipinski definition) is 3. The first-order valence-electron chi connectivity index (χ1n) is 6.85. The van der Waals surface area contributed by atoms with Gasteiger partial charge in [0, 0.05) is 10.6 Å². The molecule has 0 bridgehead atoms. The van der Waals surface area contributed by atoms with Gasteiger partial charge in [-0.1, -0.05) is 23.7 Å². The fourth-order valence-corrected chi connectivity index (χ4v) is 2.67. The van der Waals surface area contributed by atoms with E-state index in [2.05, 4.69) is 15.5 Å². The molecule has 0 unspecified atom stereocenters. The van der Waals surface area contributed by atoms with E-state index in [1.165, 1.54) is 6.20 Å². The molecular weight excluding hydrogens is 322 g/mol. The number of H-pyrrole nitrogens is 1. The number of benzene rings is 1. The van der Waals surface area contributed by atoms with Crippen LogP contribution < -0.4 is 5.32 Å². The third kappa shape index (κ3) is 4.25. The van der Waals surface area contributed by atoms with Gasteiger partial charge in [-0.05, 0) is 30.6 Å². The van der Waals surface area contributed by atoms with Gasteiger partial charge < -0.3 is 10.4 Å². The first-order chi connectivity index (χ1) is 10.7. The van der Waals surface area contributed by atoms with E-state index >= 15 is 0 Å². The van der Waals surface area contributed by atoms with Crippen LogP contribution in [0, 0.1) is 0 Å². The van der Waals surface area contributed by atoms with Crippen molar-refractivity contribution in [3.8, 4) is 11.3 Å². The highest BCUT2D eigenvalue weighted by molar-refractivity contribution is 7.98. The summed E-state index contributed by atoms with van der Waals surface area (Å²) in [6, 6.07) is 6.91. The normalized spacial score (nSPS) is 12.1. The van der Waals surface area contributed by atoms with Crippen LogP contribution in [0.3, 0.4) is 0 Å². The second-order valence-electron chi connectivity index (χ2n) is 4.80. The summed E-state index contributed by atoms with van der Waals surface area (Å²) in [7, 11) is 0. The van der Waals surface area contributed by atoms with Crippen LogP contribution in [-0.2, 0) is 0 Å². The summed E-state index contributed by atoms with van der Waals surface area (Å²) in [4.78, 5) is 12.4. The predicted molar refractivity (Wildman–Crippen MR) is 90.4 cm³/mol. The van der Waals surface area contributed by atoms with Crippen LogP contribution in [0.15, 0.2) is 30.5 Å². The van der Waals surface area contributed by atoms with Gasteiger partial charge >= 0.3 is 0 Å². The lowest BCUT2D eigenvalue weighted by Crippen LogP contribution is -2.38. The second-order valence-corrected chi connectivity index (χ2v) is 6.22. The first kappa shape index (κ1) is 16.9. The monoisotopic (exact) mass is 339 g/mol. The quantitative estimate of drug-likeness (QED) is 0.724. The zero-order valence-electron chi connectivity index (χ0n) is 12.2. The van der Waals surface area contributed by atoms with Gasteiger partial charge in [0.05, 0.1) is 30.1 Å². The number of nitrogens with zero attached hydrogens (tertiary/aromatic N) is 1. The number of aliphatic hydroxyl groups excluding tert-OH is 1. The van der Waals surface area contributed by atoms with Gasteiger partial charge in [0.15, 0.2) is 0 Å². The van der Waals surface area contributed by atoms with Crippen molar-refractivity contribution >= 4 is 29.3 Å². The summed E-state index contributed by atoms with van der Waals surface area (Å²) >= 11 is 7.55. The zero-order valence-corrected chi connectivity index (χ0v) is 13.7. The second kappa shape index (κ2) is 8.22. The lowest BCUT2D eigenvalue weighted by Gasteiger charge is -2.15. The molecule has 2 aromatic rings. The predicted octanol–water partition coefficient (Wildman–Crippen LogP) is 2.57. The van der Waals surface area contributed by atoms with Crippen LogP contribution in [0.4, 0.5) is 0 Å². The van der Waals surface area contributed by atoms with Crippen molar-refractivity contribution in [1.29, 1.82) is 0 Å². The summed E-state index contributed by atoms with van der Waals surface area (Å²) in [5.74, 6) is 0.625. The minimum absolute atomic E-state index is 0.0829. The highest BCUT2D eigenvalue weighted by Crippen LogP contribution is 2.23. The minimum Gasteiger partial charge on any atom is -0.394 e. The molecule has 0 aliphatic rings. The number of aliphatic hydroxyl groups is 1. The smallest absolute Gasteiger partial charge is 0.255 e. The average molecular weight is 340 g/mol. The molecule has 22 heavy (non-hydrogen) atoms. The lowest BCUT2D eigenvalue weighted by atomic mass is 10.1. The van der Waals surface area contributed by atoms with E-state index in [-0.39, 0.29) is 18.6 Å². The number of aromatic amines is 1. The highest BCUT2D eigenvalue weighted by atomic mass is 35.5. The maximum atomic E-state index is 12.4. The van der Waals surface area contributed by atoms with E-state index < -0.39 is 0 Å². The Balaban J connectivity index is 2.14. The highest BCUT2D eigenvalue weighted by Gasteiger charge is 2.18. The fraction of sp³-hybridized carbons (Fsp3) is 0.333. The van der Waals surface area contributed by atoms with Crippen molar-refractivity contribution in [3.63, 3.8) is 0 Å². The Morgan fingerprint density at radius 3 is 2.82 bits per heavy atom. The first-order valence-corrected chi connectivity index (χ1v) is 8.63. The Kier molecular flexibility index (Phi) is 6.30. The third-order valence-electron chi connectivity index (χ3n) is 3.24. The van der Waals surface area contributed by atoms with Crippen molar-refractivity contribution in [2.45, 2.75) is 12.5 Å². The van der Waals surface area contributed by atoms with Crippen molar-refractivity contribution < 1.29 is 9.90 Å². The number of nitrogens with one attached hydrogen (secondary N) is 2. The van der Waals surface area contributed by atoms with Gasteiger partial charge in [-0.25, -0.2) is 0 Å². The molecule has 1 amide bonds. The lowest BCUT2D eigenvalue weighted by molar-refractivity contribution is 0.0916. The molecule has 0 saturated carbocycles. The molecule has 3 N–H and O–H groups in total. The van der Waals surface area contributed by atoms with E-state index in [1.54, 1.807) is 23.9 Å². The number of thioether (sulfide) groups is 1. The molecule has 0 radical (unpaired) electrons. The van der Waals surface area contributed by atoms with Crippen LogP contribution in [0.25, 0.3) is 11.3 Å². The summed E-state index contributed by atoms with van der Waals surface area (Å²) in [6.07, 6.45) is 4.20. The van der Waals surface area contributed by atoms with Gasteiger partial charge in [0.25, 0.3) is 5.91 Å². The van der Waals surface area contributed by atoms with E-state index in [1.807, 2.05) is 18.4 Å². The van der Waals surface area contributed by atoms with Crippen LogP contribution in [-0.4, -0.2) is 45.9 Å². The molecule has 0 spiro atoms. The van der Waals surface area contributed by atoms with Crippen LogP contribution >= 0.6 is 23.4 Å². The zero-order chi connectivity index (χ0) is 15.9. The number of carbonyl (C=O) groups is 1. The minimum atomic E-state index is -0.257. The van der Waals surface area contributed by atoms with Crippen molar-refractivity contribution in [1.82, 2.24) is 15.5 Å². The molecule has 0 aliphatic heterocycles. The molecule has 2 rings (SSSR count). The topological polar surface area (TPSA) is 78.0 Å². The Labute approximate surface area is 138 Å². The molecule has 0 aliphatic carbocycles. The number of aromatic nitrogens is 2.